The van der Waals surface area contributed by atoms with Crippen LogP contribution in [0, 0.1) is 5.41 Å². The lowest BCUT2D eigenvalue weighted by Gasteiger charge is -2.37. The number of unbranched alkanes of at least 4 members (excludes halogenated alkanes) is 2. The SMILES string of the molecule is C=CCOC(=O)N1C[C@@H]2CC(c3ccc(N4CCN(C[C@@H]5COC(C)(C)O5)CC4)cc3)=CN2C(=O)c2cc(OC)c(OCCCCCOc3cc4c(cc3OC)C(=O)N3CC5(CC5)C[C@H]3C(O)N4C(=O)OCC=C)cc21. The smallest absolute Gasteiger partial charge is 0.416 e. The molecule has 3 aromatic rings. The number of carbonyl (C=O) groups is 4. The van der Waals surface area contributed by atoms with Crippen LogP contribution in [0.1, 0.15) is 85.1 Å². The maximum atomic E-state index is 14.5. The van der Waals surface area contributed by atoms with E-state index < -0.39 is 30.2 Å². The van der Waals surface area contributed by atoms with Crippen molar-refractivity contribution in [2.45, 2.75) is 89.0 Å². The number of piperazine rings is 1. The molecule has 76 heavy (non-hydrogen) atoms. The maximum Gasteiger partial charge on any atom is 0.416 e. The zero-order valence-corrected chi connectivity index (χ0v) is 44.0. The number of fused-ring (bicyclic) bond motifs is 4. The second-order valence-electron chi connectivity index (χ2n) is 21.1. The van der Waals surface area contributed by atoms with Gasteiger partial charge in [-0.2, -0.15) is 0 Å². The maximum absolute atomic E-state index is 14.5. The number of ether oxygens (including phenoxy) is 8. The molecule has 0 bridgehead atoms. The molecule has 19 heteroatoms. The highest BCUT2D eigenvalue weighted by Crippen LogP contribution is 2.57. The highest BCUT2D eigenvalue weighted by Gasteiger charge is 2.58. The summed E-state index contributed by atoms with van der Waals surface area (Å²) in [6.07, 6.45) is 7.14. The van der Waals surface area contributed by atoms with Gasteiger partial charge in [0.1, 0.15) is 13.2 Å². The third-order valence-corrected chi connectivity index (χ3v) is 15.6. The molecule has 0 radical (unpaired) electrons. The quantitative estimate of drug-likeness (QED) is 0.0979. The van der Waals surface area contributed by atoms with Crippen molar-refractivity contribution in [1.29, 1.82) is 0 Å². The van der Waals surface area contributed by atoms with Gasteiger partial charge in [0.2, 0.25) is 0 Å². The van der Waals surface area contributed by atoms with Gasteiger partial charge in [-0.15, -0.1) is 0 Å². The van der Waals surface area contributed by atoms with Crippen molar-refractivity contribution < 1.29 is 62.2 Å². The van der Waals surface area contributed by atoms with Gasteiger partial charge in [-0.3, -0.25) is 19.4 Å². The van der Waals surface area contributed by atoms with E-state index in [1.54, 1.807) is 34.1 Å². The number of anilines is 3. The van der Waals surface area contributed by atoms with E-state index in [1.807, 2.05) is 20.0 Å². The average Bonchev–Trinajstić information content (AvgIpc) is 3.76. The van der Waals surface area contributed by atoms with Crippen LogP contribution < -0.4 is 33.6 Å². The lowest BCUT2D eigenvalue weighted by molar-refractivity contribution is -0.140. The largest absolute Gasteiger partial charge is 0.493 e. The molecule has 4 fully saturated rings. The predicted octanol–water partition coefficient (Wildman–Crippen LogP) is 7.46. The summed E-state index contributed by atoms with van der Waals surface area (Å²) in [7, 11) is 2.99. The summed E-state index contributed by atoms with van der Waals surface area (Å²) in [6.45, 7) is 17.6. The van der Waals surface area contributed by atoms with Crippen LogP contribution in [0.4, 0.5) is 26.7 Å². The average molecular weight is 1050 g/mol. The Hall–Kier alpha value is -6.80. The number of nitrogens with zero attached hydrogens (tertiary/aromatic N) is 6. The summed E-state index contributed by atoms with van der Waals surface area (Å²) in [5, 5.41) is 11.7. The number of benzene rings is 3. The molecular formula is C57H70N6O13. The van der Waals surface area contributed by atoms with E-state index in [-0.39, 0.29) is 79.2 Å². The number of carbonyl (C=O) groups excluding carboxylic acids is 4. The molecular weight excluding hydrogens is 977 g/mol. The molecule has 406 valence electrons. The van der Waals surface area contributed by atoms with Crippen molar-refractivity contribution in [3.8, 4) is 23.0 Å². The first-order valence-electron chi connectivity index (χ1n) is 26.5. The Kier molecular flexibility index (Phi) is 15.3. The molecule has 4 amide bonds. The Bertz CT molecular complexity index is 2740. The van der Waals surface area contributed by atoms with Crippen LogP contribution in [-0.2, 0) is 18.9 Å². The summed E-state index contributed by atoms with van der Waals surface area (Å²) in [5.74, 6) is 0.231. The first-order chi connectivity index (χ1) is 36.7. The molecule has 7 aliphatic rings. The fraction of sp³-hybridized carbons (Fsp3) is 0.509. The predicted molar refractivity (Wildman–Crippen MR) is 283 cm³/mol. The molecule has 1 saturated carbocycles. The minimum atomic E-state index is -1.33. The highest BCUT2D eigenvalue weighted by molar-refractivity contribution is 6.07. The van der Waals surface area contributed by atoms with Crippen molar-refractivity contribution >= 4 is 46.6 Å². The summed E-state index contributed by atoms with van der Waals surface area (Å²) >= 11 is 0. The molecule has 6 aliphatic heterocycles. The number of rotatable bonds is 18. The summed E-state index contributed by atoms with van der Waals surface area (Å²) in [5.41, 5.74) is 4.13. The zero-order chi connectivity index (χ0) is 53.3. The van der Waals surface area contributed by atoms with E-state index in [0.717, 1.165) is 67.3 Å². The van der Waals surface area contributed by atoms with Gasteiger partial charge in [-0.25, -0.2) is 14.5 Å². The summed E-state index contributed by atoms with van der Waals surface area (Å²) < 4.78 is 46.8. The third kappa shape index (κ3) is 10.8. The van der Waals surface area contributed by atoms with E-state index in [2.05, 4.69) is 47.2 Å². The Labute approximate surface area is 444 Å². The van der Waals surface area contributed by atoms with Crippen LogP contribution in [-0.4, -0.2) is 167 Å². The third-order valence-electron chi connectivity index (χ3n) is 15.6. The first-order valence-corrected chi connectivity index (χ1v) is 26.5. The van der Waals surface area contributed by atoms with Crippen LogP contribution in [0.25, 0.3) is 5.57 Å². The molecule has 1 unspecified atom stereocenters. The normalized spacial score (nSPS) is 23.2. The van der Waals surface area contributed by atoms with E-state index in [9.17, 15) is 24.3 Å². The minimum Gasteiger partial charge on any atom is -0.493 e. The molecule has 1 aliphatic carbocycles. The zero-order valence-electron chi connectivity index (χ0n) is 44.0. The topological polar surface area (TPSA) is 182 Å². The number of aliphatic hydroxyl groups excluding tert-OH is 1. The van der Waals surface area contributed by atoms with Gasteiger partial charge in [0.05, 0.1) is 81.3 Å². The molecule has 6 heterocycles. The number of hydrogen-bond acceptors (Lipinski definition) is 15. The second kappa shape index (κ2) is 22.0. The summed E-state index contributed by atoms with van der Waals surface area (Å²) in [4.78, 5) is 66.8. The second-order valence-corrected chi connectivity index (χ2v) is 21.1. The van der Waals surface area contributed by atoms with Gasteiger partial charge in [-0.1, -0.05) is 37.4 Å². The first kappa shape index (κ1) is 52.6. The van der Waals surface area contributed by atoms with Gasteiger partial charge in [0.15, 0.2) is 35.0 Å². The lowest BCUT2D eigenvalue weighted by atomic mass is 10.0. The minimum absolute atomic E-state index is 0.00568. The van der Waals surface area contributed by atoms with Gasteiger partial charge in [0, 0.05) is 63.3 Å². The monoisotopic (exact) mass is 1050 g/mol. The van der Waals surface area contributed by atoms with E-state index in [0.29, 0.717) is 73.9 Å². The van der Waals surface area contributed by atoms with Gasteiger partial charge in [-0.05, 0) is 99.6 Å². The number of hydrogen-bond donors (Lipinski definition) is 1. The van der Waals surface area contributed by atoms with Gasteiger partial charge >= 0.3 is 12.2 Å². The standard InChI is InChI=1S/C57H70N6O13/c1-7-22-73-54(67)61-33-40-26-38(37-12-14-39(15-13-37)59-20-18-58(19-21-59)34-41-35-75-56(3,4)76-41)32-60(40)51(64)42-27-47(69-5)49(29-44(42)61)71-24-10-9-11-25-72-50-30-45-43(28-48(50)70-6)52(65)62-36-57(16-17-57)31-46(62)53(66)63(45)55(68)74-23-8-2/h7-8,12-15,27-30,32,40-41,46,53,66H,1-2,9-11,16-26,31,33-36H2,3-6H3/t40-,41+,46-,53?/m0/s1. The van der Waals surface area contributed by atoms with E-state index in [4.69, 9.17) is 37.9 Å². The van der Waals surface area contributed by atoms with Crippen molar-refractivity contribution in [2.75, 3.05) is 108 Å². The number of methoxy groups -OCH3 is 2. The Morgan fingerprint density at radius 3 is 2.04 bits per heavy atom. The van der Waals surface area contributed by atoms with Crippen molar-refractivity contribution in [2.24, 2.45) is 5.41 Å². The van der Waals surface area contributed by atoms with Crippen LogP contribution >= 0.6 is 0 Å². The van der Waals surface area contributed by atoms with E-state index in [1.165, 1.54) is 31.3 Å². The van der Waals surface area contributed by atoms with Crippen LogP contribution in [0.2, 0.25) is 0 Å². The van der Waals surface area contributed by atoms with Crippen LogP contribution in [0.3, 0.4) is 0 Å². The lowest BCUT2D eigenvalue weighted by Crippen LogP contribution is -2.50. The molecule has 1 spiro atoms. The van der Waals surface area contributed by atoms with Gasteiger partial charge < -0.3 is 57.7 Å². The van der Waals surface area contributed by atoms with E-state index >= 15 is 0 Å². The Balaban J connectivity index is 0.773. The highest BCUT2D eigenvalue weighted by atomic mass is 16.7. The van der Waals surface area contributed by atoms with Crippen LogP contribution in [0.5, 0.6) is 23.0 Å². The Morgan fingerprint density at radius 1 is 0.803 bits per heavy atom. The molecule has 4 atom stereocenters. The number of amides is 4. The summed E-state index contributed by atoms with van der Waals surface area (Å²) in [6, 6.07) is 14.0. The van der Waals surface area contributed by atoms with Gasteiger partial charge in [0.25, 0.3) is 11.8 Å². The van der Waals surface area contributed by atoms with Crippen LogP contribution in [0.15, 0.2) is 80.0 Å². The fourth-order valence-corrected chi connectivity index (χ4v) is 11.4. The molecule has 10 rings (SSSR count). The van der Waals surface area contributed by atoms with Crippen molar-refractivity contribution in [3.63, 3.8) is 0 Å². The molecule has 3 saturated heterocycles. The molecule has 1 N–H and O–H groups in total. The molecule has 0 aromatic heterocycles. The molecule has 19 nitrogen and oxygen atoms in total. The van der Waals surface area contributed by atoms with Crippen molar-refractivity contribution in [3.05, 3.63) is 96.7 Å². The molecule has 3 aromatic carbocycles. The fourth-order valence-electron chi connectivity index (χ4n) is 11.4. The van der Waals surface area contributed by atoms with Crippen molar-refractivity contribution in [1.82, 2.24) is 14.7 Å². The Morgan fingerprint density at radius 2 is 1.43 bits per heavy atom. The number of aliphatic hydroxyl groups is 1.